The Hall–Kier alpha value is -3.56. The number of esters is 1. The molecule has 0 aliphatic heterocycles. The zero-order chi connectivity index (χ0) is 21.7. The van der Waals surface area contributed by atoms with Crippen LogP contribution in [0.1, 0.15) is 28.5 Å². The number of aromatic nitrogens is 3. The number of benzene rings is 2. The second-order valence-electron chi connectivity index (χ2n) is 6.09. The van der Waals surface area contributed by atoms with Crippen molar-refractivity contribution in [2.75, 3.05) is 13.7 Å². The SMILES string of the molecule is CCOC(=O)c1n[nH]nc1-c1ccc(OC)c(OCc2cccc(C(F)(F)F)c2)c1. The summed E-state index contributed by atoms with van der Waals surface area (Å²) in [6.45, 7) is 1.73. The van der Waals surface area contributed by atoms with Crippen molar-refractivity contribution in [3.05, 3.63) is 59.3 Å². The summed E-state index contributed by atoms with van der Waals surface area (Å²) in [5, 5.41) is 10.2. The summed E-state index contributed by atoms with van der Waals surface area (Å²) >= 11 is 0. The van der Waals surface area contributed by atoms with Gasteiger partial charge in [0, 0.05) is 5.56 Å². The quantitative estimate of drug-likeness (QED) is 0.574. The Morgan fingerprint density at radius 2 is 1.90 bits per heavy atom. The van der Waals surface area contributed by atoms with Crippen LogP contribution in [0.2, 0.25) is 0 Å². The number of rotatable bonds is 7. The molecule has 10 heteroatoms. The molecule has 0 radical (unpaired) electrons. The Labute approximate surface area is 169 Å². The number of H-pyrrole nitrogens is 1. The van der Waals surface area contributed by atoms with Gasteiger partial charge in [-0.3, -0.25) is 0 Å². The van der Waals surface area contributed by atoms with Gasteiger partial charge in [0.2, 0.25) is 0 Å². The summed E-state index contributed by atoms with van der Waals surface area (Å²) in [6, 6.07) is 9.67. The number of ether oxygens (including phenoxy) is 3. The highest BCUT2D eigenvalue weighted by molar-refractivity contribution is 5.94. The van der Waals surface area contributed by atoms with Crippen LogP contribution in [0.25, 0.3) is 11.3 Å². The number of alkyl halides is 3. The molecule has 1 N–H and O–H groups in total. The Morgan fingerprint density at radius 3 is 2.60 bits per heavy atom. The predicted molar refractivity (Wildman–Crippen MR) is 100 cm³/mol. The van der Waals surface area contributed by atoms with Crippen molar-refractivity contribution in [3.63, 3.8) is 0 Å². The van der Waals surface area contributed by atoms with E-state index in [0.29, 0.717) is 16.9 Å². The third kappa shape index (κ3) is 4.70. The Balaban J connectivity index is 1.86. The van der Waals surface area contributed by atoms with Gasteiger partial charge in [-0.25, -0.2) is 4.79 Å². The molecule has 0 aliphatic rings. The summed E-state index contributed by atoms with van der Waals surface area (Å²) in [5.74, 6) is 0.000582. The van der Waals surface area contributed by atoms with E-state index >= 15 is 0 Å². The molecule has 2 aromatic carbocycles. The van der Waals surface area contributed by atoms with E-state index in [-0.39, 0.29) is 30.4 Å². The van der Waals surface area contributed by atoms with Crippen LogP contribution in [0, 0.1) is 0 Å². The molecule has 3 rings (SSSR count). The molecule has 0 spiro atoms. The van der Waals surface area contributed by atoms with Crippen LogP contribution in [-0.4, -0.2) is 35.1 Å². The zero-order valence-electron chi connectivity index (χ0n) is 16.1. The summed E-state index contributed by atoms with van der Waals surface area (Å²) in [5.41, 5.74) is 0.328. The fourth-order valence-electron chi connectivity index (χ4n) is 2.71. The van der Waals surface area contributed by atoms with Gasteiger partial charge in [-0.15, -0.1) is 5.10 Å². The molecular weight excluding hydrogens is 403 g/mol. The van der Waals surface area contributed by atoms with E-state index in [9.17, 15) is 18.0 Å². The third-order valence-corrected chi connectivity index (χ3v) is 4.10. The van der Waals surface area contributed by atoms with Crippen LogP contribution in [0.5, 0.6) is 11.5 Å². The Kier molecular flexibility index (Phi) is 6.24. The number of nitrogens with one attached hydrogen (secondary N) is 1. The fourth-order valence-corrected chi connectivity index (χ4v) is 2.71. The number of carbonyl (C=O) groups is 1. The van der Waals surface area contributed by atoms with Crippen molar-refractivity contribution in [1.82, 2.24) is 15.4 Å². The summed E-state index contributed by atoms with van der Waals surface area (Å²) in [4.78, 5) is 12.0. The molecule has 0 amide bonds. The lowest BCUT2D eigenvalue weighted by Gasteiger charge is -2.13. The summed E-state index contributed by atoms with van der Waals surface area (Å²) in [6.07, 6.45) is -4.44. The van der Waals surface area contributed by atoms with E-state index in [1.165, 1.54) is 19.2 Å². The average Bonchev–Trinajstić information content (AvgIpc) is 3.22. The third-order valence-electron chi connectivity index (χ3n) is 4.10. The van der Waals surface area contributed by atoms with Crippen molar-refractivity contribution in [2.24, 2.45) is 0 Å². The van der Waals surface area contributed by atoms with Crippen LogP contribution < -0.4 is 9.47 Å². The average molecular weight is 421 g/mol. The molecule has 3 aromatic rings. The topological polar surface area (TPSA) is 86.3 Å². The normalized spacial score (nSPS) is 11.2. The van der Waals surface area contributed by atoms with E-state index in [0.717, 1.165) is 12.1 Å². The molecular formula is C20H18F3N3O4. The molecule has 0 saturated heterocycles. The van der Waals surface area contributed by atoms with Gasteiger partial charge in [-0.1, -0.05) is 12.1 Å². The second-order valence-corrected chi connectivity index (χ2v) is 6.09. The first-order chi connectivity index (χ1) is 14.3. The van der Waals surface area contributed by atoms with Gasteiger partial charge in [0.25, 0.3) is 0 Å². The van der Waals surface area contributed by atoms with Gasteiger partial charge in [-0.2, -0.15) is 23.5 Å². The molecule has 0 aliphatic carbocycles. The molecule has 30 heavy (non-hydrogen) atoms. The first-order valence-corrected chi connectivity index (χ1v) is 8.88. The maximum Gasteiger partial charge on any atom is 0.416 e. The van der Waals surface area contributed by atoms with Gasteiger partial charge >= 0.3 is 12.1 Å². The van der Waals surface area contributed by atoms with Gasteiger partial charge in [0.15, 0.2) is 17.2 Å². The number of aromatic amines is 1. The lowest BCUT2D eigenvalue weighted by Crippen LogP contribution is -2.07. The molecule has 0 saturated carbocycles. The van der Waals surface area contributed by atoms with E-state index in [2.05, 4.69) is 15.4 Å². The van der Waals surface area contributed by atoms with E-state index < -0.39 is 17.7 Å². The van der Waals surface area contributed by atoms with Crippen LogP contribution in [0.3, 0.4) is 0 Å². The highest BCUT2D eigenvalue weighted by Gasteiger charge is 2.30. The highest BCUT2D eigenvalue weighted by atomic mass is 19.4. The fraction of sp³-hybridized carbons (Fsp3) is 0.250. The van der Waals surface area contributed by atoms with E-state index in [1.54, 1.807) is 25.1 Å². The molecule has 7 nitrogen and oxygen atoms in total. The minimum atomic E-state index is -4.44. The summed E-state index contributed by atoms with van der Waals surface area (Å²) < 4.78 is 54.6. The largest absolute Gasteiger partial charge is 0.493 e. The number of halogens is 3. The molecule has 0 atom stereocenters. The molecule has 158 valence electrons. The van der Waals surface area contributed by atoms with E-state index in [1.807, 2.05) is 0 Å². The standard InChI is InChI=1S/C20H18F3N3O4/c1-3-29-19(27)18-17(24-26-25-18)13-7-8-15(28-2)16(10-13)30-11-12-5-4-6-14(9-12)20(21,22)23/h4-10H,3,11H2,1-2H3,(H,24,25,26). The first kappa shape index (κ1) is 21.2. The Bertz CT molecular complexity index is 1030. The van der Waals surface area contributed by atoms with Crippen LogP contribution in [0.15, 0.2) is 42.5 Å². The predicted octanol–water partition coefficient (Wildman–Crippen LogP) is 4.25. The first-order valence-electron chi connectivity index (χ1n) is 8.88. The molecule has 1 aromatic heterocycles. The van der Waals surface area contributed by atoms with Gasteiger partial charge in [-0.05, 0) is 42.8 Å². The number of hydrogen-bond acceptors (Lipinski definition) is 6. The molecule has 0 unspecified atom stereocenters. The smallest absolute Gasteiger partial charge is 0.416 e. The van der Waals surface area contributed by atoms with Gasteiger partial charge < -0.3 is 14.2 Å². The maximum atomic E-state index is 12.9. The number of hydrogen-bond donors (Lipinski definition) is 1. The minimum absolute atomic E-state index is 0.00541. The molecule has 0 fully saturated rings. The van der Waals surface area contributed by atoms with Gasteiger partial charge in [0.05, 0.1) is 19.3 Å². The number of carbonyl (C=O) groups excluding carboxylic acids is 1. The zero-order valence-corrected chi connectivity index (χ0v) is 16.1. The van der Waals surface area contributed by atoms with Crippen LogP contribution >= 0.6 is 0 Å². The van der Waals surface area contributed by atoms with Crippen molar-refractivity contribution < 1.29 is 32.2 Å². The van der Waals surface area contributed by atoms with Crippen LogP contribution in [-0.2, 0) is 17.5 Å². The lowest BCUT2D eigenvalue weighted by molar-refractivity contribution is -0.137. The lowest BCUT2D eigenvalue weighted by atomic mass is 10.1. The van der Waals surface area contributed by atoms with Crippen molar-refractivity contribution in [2.45, 2.75) is 19.7 Å². The highest BCUT2D eigenvalue weighted by Crippen LogP contribution is 2.34. The Morgan fingerprint density at radius 1 is 1.10 bits per heavy atom. The molecule has 1 heterocycles. The molecule has 0 bridgehead atoms. The minimum Gasteiger partial charge on any atom is -0.493 e. The van der Waals surface area contributed by atoms with Crippen LogP contribution in [0.4, 0.5) is 13.2 Å². The number of nitrogens with zero attached hydrogens (tertiary/aromatic N) is 2. The number of methoxy groups -OCH3 is 1. The van der Waals surface area contributed by atoms with Crippen molar-refractivity contribution in [1.29, 1.82) is 0 Å². The van der Waals surface area contributed by atoms with Gasteiger partial charge in [0.1, 0.15) is 12.3 Å². The summed E-state index contributed by atoms with van der Waals surface area (Å²) in [7, 11) is 1.44. The van der Waals surface area contributed by atoms with Crippen molar-refractivity contribution in [3.8, 4) is 22.8 Å². The maximum absolute atomic E-state index is 12.9. The monoisotopic (exact) mass is 421 g/mol. The van der Waals surface area contributed by atoms with Crippen molar-refractivity contribution >= 4 is 5.97 Å². The van der Waals surface area contributed by atoms with E-state index in [4.69, 9.17) is 14.2 Å². The second kappa shape index (κ2) is 8.85.